The number of aryl methyl sites for hydroxylation is 2. The number of amides is 1. The number of piperidine rings is 1. The average Bonchev–Trinajstić information content (AvgIpc) is 3.15. The molecule has 0 saturated carbocycles. The Bertz CT molecular complexity index is 915. The van der Waals surface area contributed by atoms with E-state index in [1.165, 1.54) is 6.42 Å². The van der Waals surface area contributed by atoms with Crippen molar-refractivity contribution in [2.24, 2.45) is 0 Å². The van der Waals surface area contributed by atoms with Crippen molar-refractivity contribution in [2.75, 3.05) is 31.1 Å². The molecule has 2 aliphatic heterocycles. The minimum absolute atomic E-state index is 0.162. The minimum Gasteiger partial charge on any atom is -0.457 e. The van der Waals surface area contributed by atoms with Crippen LogP contribution in [-0.4, -0.2) is 48.6 Å². The Kier molecular flexibility index (Phi) is 6.42. The molecule has 0 N–H and O–H groups in total. The summed E-state index contributed by atoms with van der Waals surface area (Å²) in [4.78, 5) is 28.4. The second-order valence-corrected chi connectivity index (χ2v) is 9.07. The van der Waals surface area contributed by atoms with Crippen LogP contribution < -0.4 is 4.90 Å². The van der Waals surface area contributed by atoms with Gasteiger partial charge >= 0.3 is 5.97 Å². The highest BCUT2D eigenvalue weighted by Gasteiger charge is 2.50. The molecule has 2 saturated heterocycles. The first-order chi connectivity index (χ1) is 15.0. The molecule has 1 amide bonds. The van der Waals surface area contributed by atoms with Gasteiger partial charge in [0.15, 0.2) is 12.6 Å². The highest BCUT2D eigenvalue weighted by Crippen LogP contribution is 2.34. The zero-order valence-electron chi connectivity index (χ0n) is 18.7. The van der Waals surface area contributed by atoms with Crippen LogP contribution in [0, 0.1) is 13.8 Å². The SMILES string of the molecule is Cc1cccc(C)c1N1CCC([N+]2(CC(=O)OCc3ccccc3)CCCCC2)C1=O. The predicted octanol–water partition coefficient (Wildman–Crippen LogP) is 4.15. The van der Waals surface area contributed by atoms with E-state index in [1.807, 2.05) is 41.3 Å². The number of carbonyl (C=O) groups is 2. The minimum atomic E-state index is -0.205. The fraction of sp³-hybridized carbons (Fsp3) is 0.462. The molecule has 1 atom stereocenters. The lowest BCUT2D eigenvalue weighted by Gasteiger charge is -2.44. The Balaban J connectivity index is 1.51. The number of benzene rings is 2. The van der Waals surface area contributed by atoms with Gasteiger partial charge in [-0.3, -0.25) is 4.79 Å². The third kappa shape index (κ3) is 4.52. The number of nitrogens with zero attached hydrogens (tertiary/aromatic N) is 2. The fourth-order valence-electron chi connectivity index (χ4n) is 5.39. The molecule has 5 heteroatoms. The van der Waals surface area contributed by atoms with Crippen molar-refractivity contribution in [1.82, 2.24) is 0 Å². The van der Waals surface area contributed by atoms with Crippen LogP contribution >= 0.6 is 0 Å². The third-order valence-electron chi connectivity index (χ3n) is 6.94. The van der Waals surface area contributed by atoms with Gasteiger partial charge in [-0.1, -0.05) is 48.5 Å². The molecule has 2 aliphatic rings. The molecule has 164 valence electrons. The maximum Gasteiger partial charge on any atom is 0.362 e. The van der Waals surface area contributed by atoms with E-state index in [0.29, 0.717) is 11.0 Å². The van der Waals surface area contributed by atoms with Crippen LogP contribution in [0.5, 0.6) is 0 Å². The molecule has 2 aromatic carbocycles. The Labute approximate surface area is 185 Å². The summed E-state index contributed by atoms with van der Waals surface area (Å²) < 4.78 is 6.17. The second kappa shape index (κ2) is 9.23. The summed E-state index contributed by atoms with van der Waals surface area (Å²) in [5, 5.41) is 0. The maximum absolute atomic E-state index is 13.6. The number of anilines is 1. The lowest BCUT2D eigenvalue weighted by atomic mass is 10.0. The first-order valence-corrected chi connectivity index (χ1v) is 11.4. The molecule has 0 aromatic heterocycles. The Morgan fingerprint density at radius 1 is 1.00 bits per heavy atom. The highest BCUT2D eigenvalue weighted by molar-refractivity contribution is 6.00. The van der Waals surface area contributed by atoms with Crippen LogP contribution in [0.1, 0.15) is 42.4 Å². The second-order valence-electron chi connectivity index (χ2n) is 9.07. The van der Waals surface area contributed by atoms with E-state index >= 15 is 0 Å². The van der Waals surface area contributed by atoms with Gasteiger partial charge in [0, 0.05) is 18.7 Å². The van der Waals surface area contributed by atoms with E-state index in [1.54, 1.807) is 0 Å². The molecule has 2 fully saturated rings. The molecule has 31 heavy (non-hydrogen) atoms. The molecular weight excluding hydrogens is 388 g/mol. The summed E-state index contributed by atoms with van der Waals surface area (Å²) in [6, 6.07) is 15.8. The summed E-state index contributed by atoms with van der Waals surface area (Å²) in [6.45, 7) is 7.16. The van der Waals surface area contributed by atoms with E-state index in [9.17, 15) is 9.59 Å². The normalized spacial score (nSPS) is 20.6. The summed E-state index contributed by atoms with van der Waals surface area (Å²) >= 11 is 0. The molecule has 2 aromatic rings. The summed E-state index contributed by atoms with van der Waals surface area (Å²) in [5.41, 5.74) is 4.28. The largest absolute Gasteiger partial charge is 0.457 e. The smallest absolute Gasteiger partial charge is 0.362 e. The van der Waals surface area contributed by atoms with Gasteiger partial charge in [0.25, 0.3) is 5.91 Å². The van der Waals surface area contributed by atoms with Crippen molar-refractivity contribution >= 4 is 17.6 Å². The molecule has 5 nitrogen and oxygen atoms in total. The number of carbonyl (C=O) groups excluding carboxylic acids is 2. The number of rotatable bonds is 6. The molecule has 0 radical (unpaired) electrons. The average molecular weight is 422 g/mol. The van der Waals surface area contributed by atoms with Gasteiger partial charge in [-0.2, -0.15) is 0 Å². The molecule has 4 rings (SSSR count). The van der Waals surface area contributed by atoms with E-state index in [-0.39, 0.29) is 31.1 Å². The van der Waals surface area contributed by atoms with Crippen LogP contribution in [0.15, 0.2) is 48.5 Å². The first-order valence-electron chi connectivity index (χ1n) is 11.4. The number of likely N-dealkylation sites (tertiary alicyclic amines) is 1. The zero-order chi connectivity index (χ0) is 21.8. The van der Waals surface area contributed by atoms with Crippen molar-refractivity contribution in [2.45, 2.75) is 52.2 Å². The van der Waals surface area contributed by atoms with Crippen LogP contribution in [0.3, 0.4) is 0 Å². The molecule has 0 aliphatic carbocycles. The van der Waals surface area contributed by atoms with Crippen LogP contribution in [0.25, 0.3) is 0 Å². The Hall–Kier alpha value is -2.66. The van der Waals surface area contributed by atoms with Crippen LogP contribution in [-0.2, 0) is 20.9 Å². The lowest BCUT2D eigenvalue weighted by molar-refractivity contribution is -0.939. The van der Waals surface area contributed by atoms with Crippen molar-refractivity contribution < 1.29 is 18.8 Å². The van der Waals surface area contributed by atoms with Crippen molar-refractivity contribution in [3.05, 3.63) is 65.2 Å². The van der Waals surface area contributed by atoms with Gasteiger partial charge in [-0.05, 0) is 49.8 Å². The Morgan fingerprint density at radius 2 is 1.68 bits per heavy atom. The zero-order valence-corrected chi connectivity index (χ0v) is 18.7. The number of ether oxygens (including phenoxy) is 1. The highest BCUT2D eigenvalue weighted by atomic mass is 16.5. The lowest BCUT2D eigenvalue weighted by Crippen LogP contribution is -2.62. The third-order valence-corrected chi connectivity index (χ3v) is 6.94. The first kappa shape index (κ1) is 21.6. The fourth-order valence-corrected chi connectivity index (χ4v) is 5.39. The van der Waals surface area contributed by atoms with Crippen molar-refractivity contribution in [3.8, 4) is 0 Å². The van der Waals surface area contributed by atoms with Crippen LogP contribution in [0.2, 0.25) is 0 Å². The topological polar surface area (TPSA) is 46.6 Å². The molecular formula is C26H33N2O3+. The summed E-state index contributed by atoms with van der Waals surface area (Å²) in [6.07, 6.45) is 4.07. The Morgan fingerprint density at radius 3 is 2.35 bits per heavy atom. The molecule has 0 spiro atoms. The standard InChI is InChI=1S/C26H33N2O3/c1-20-10-9-11-21(2)25(20)27-15-14-23(26(27)30)28(16-7-4-8-17-28)18-24(29)31-19-22-12-5-3-6-13-22/h3,5-6,9-13,23H,4,7-8,14-19H2,1-2H3/q+1. The number of hydrogen-bond acceptors (Lipinski definition) is 3. The number of esters is 1. The van der Waals surface area contributed by atoms with Crippen molar-refractivity contribution in [3.63, 3.8) is 0 Å². The number of para-hydroxylation sites is 1. The monoisotopic (exact) mass is 421 g/mol. The van der Waals surface area contributed by atoms with Gasteiger partial charge in [-0.15, -0.1) is 0 Å². The number of hydrogen-bond donors (Lipinski definition) is 0. The van der Waals surface area contributed by atoms with Gasteiger partial charge in [0.05, 0.1) is 13.1 Å². The van der Waals surface area contributed by atoms with Gasteiger partial charge < -0.3 is 14.1 Å². The van der Waals surface area contributed by atoms with E-state index in [0.717, 1.165) is 54.7 Å². The van der Waals surface area contributed by atoms with Gasteiger partial charge in [0.2, 0.25) is 0 Å². The summed E-state index contributed by atoms with van der Waals surface area (Å²) in [7, 11) is 0. The number of quaternary nitrogens is 1. The van der Waals surface area contributed by atoms with E-state index in [2.05, 4.69) is 26.0 Å². The van der Waals surface area contributed by atoms with E-state index < -0.39 is 0 Å². The quantitative estimate of drug-likeness (QED) is 0.520. The van der Waals surface area contributed by atoms with Crippen LogP contribution in [0.4, 0.5) is 5.69 Å². The van der Waals surface area contributed by atoms with Gasteiger partial charge in [-0.25, -0.2) is 4.79 Å². The summed E-state index contributed by atoms with van der Waals surface area (Å²) in [5.74, 6) is -0.0424. The molecule has 0 bridgehead atoms. The van der Waals surface area contributed by atoms with Crippen molar-refractivity contribution in [1.29, 1.82) is 0 Å². The van der Waals surface area contributed by atoms with E-state index in [4.69, 9.17) is 4.74 Å². The molecule has 1 unspecified atom stereocenters. The van der Waals surface area contributed by atoms with Gasteiger partial charge in [0.1, 0.15) is 6.61 Å². The predicted molar refractivity (Wildman–Crippen MR) is 122 cm³/mol. The maximum atomic E-state index is 13.6. The molecule has 2 heterocycles.